The van der Waals surface area contributed by atoms with Crippen LogP contribution in [0.5, 0.6) is 0 Å². The van der Waals surface area contributed by atoms with Crippen LogP contribution in [0.4, 0.5) is 0 Å². The number of aliphatic hydroxyl groups excluding tert-OH is 1. The molecule has 0 aromatic carbocycles. The lowest BCUT2D eigenvalue weighted by atomic mass is 9.44. The summed E-state index contributed by atoms with van der Waals surface area (Å²) in [7, 11) is 1.23. The number of aliphatic hydroxyl groups is 1. The van der Waals surface area contributed by atoms with Crippen LogP contribution >= 0.6 is 0 Å². The summed E-state index contributed by atoms with van der Waals surface area (Å²) >= 11 is 0. The van der Waals surface area contributed by atoms with Gasteiger partial charge in [-0.25, -0.2) is 4.79 Å². The van der Waals surface area contributed by atoms with E-state index in [4.69, 9.17) is 9.47 Å². The first kappa shape index (κ1) is 24.6. The Morgan fingerprint density at radius 3 is 2.39 bits per heavy atom. The molecule has 1 aliphatic heterocycles. The molecule has 2 N–H and O–H groups in total. The van der Waals surface area contributed by atoms with E-state index in [-0.39, 0.29) is 24.8 Å². The van der Waals surface area contributed by atoms with Crippen LogP contribution in [0.1, 0.15) is 40.0 Å². The average Bonchev–Trinajstić information content (AvgIpc) is 3.04. The second-order valence-corrected chi connectivity index (χ2v) is 9.31. The zero-order chi connectivity index (χ0) is 24.7. The Balaban J connectivity index is 2.15. The Hall–Kier alpha value is -3.01. The van der Waals surface area contributed by atoms with Crippen molar-refractivity contribution in [3.63, 3.8) is 0 Å². The summed E-state index contributed by atoms with van der Waals surface area (Å²) in [5.41, 5.74) is -2.20. The highest BCUT2D eigenvalue weighted by molar-refractivity contribution is 5.93. The highest BCUT2D eigenvalue weighted by Gasteiger charge is 2.65. The van der Waals surface area contributed by atoms with Crippen molar-refractivity contribution < 1.29 is 48.4 Å². The van der Waals surface area contributed by atoms with Crippen molar-refractivity contribution >= 4 is 29.7 Å². The number of allylic oxidation sites excluding steroid dienone is 1. The molecule has 0 radical (unpaired) electrons. The number of ketones is 1. The van der Waals surface area contributed by atoms with E-state index in [9.17, 15) is 34.2 Å². The molecule has 33 heavy (non-hydrogen) atoms. The van der Waals surface area contributed by atoms with E-state index in [0.29, 0.717) is 0 Å². The van der Waals surface area contributed by atoms with E-state index in [1.807, 2.05) is 0 Å². The first-order valence-electron chi connectivity index (χ1n) is 10.7. The Labute approximate surface area is 190 Å². The number of hydrogen-bond donors (Lipinski definition) is 2. The van der Waals surface area contributed by atoms with Crippen molar-refractivity contribution in [3.05, 3.63) is 23.8 Å². The highest BCUT2D eigenvalue weighted by atomic mass is 16.6. The minimum atomic E-state index is -1.51. The van der Waals surface area contributed by atoms with Gasteiger partial charge in [0, 0.05) is 36.3 Å². The highest BCUT2D eigenvalue weighted by Crippen LogP contribution is 2.62. The van der Waals surface area contributed by atoms with Gasteiger partial charge >= 0.3 is 23.9 Å². The first-order valence-corrected chi connectivity index (χ1v) is 10.7. The molecule has 0 saturated heterocycles. The zero-order valence-electron chi connectivity index (χ0n) is 18.9. The van der Waals surface area contributed by atoms with Crippen LogP contribution in [0.25, 0.3) is 0 Å². The molecule has 0 bridgehead atoms. The molecule has 0 spiro atoms. The number of carboxylic acid groups (broad SMARTS) is 1. The predicted molar refractivity (Wildman–Crippen MR) is 110 cm³/mol. The summed E-state index contributed by atoms with van der Waals surface area (Å²) in [6, 6.07) is 0. The van der Waals surface area contributed by atoms with Gasteiger partial charge in [0.2, 0.25) is 6.29 Å². The maximum atomic E-state index is 13.7. The fourth-order valence-electron chi connectivity index (χ4n) is 5.86. The third-order valence-corrected chi connectivity index (χ3v) is 7.38. The third-order valence-electron chi connectivity index (χ3n) is 7.38. The van der Waals surface area contributed by atoms with E-state index in [0.717, 1.165) is 13.0 Å². The summed E-state index contributed by atoms with van der Waals surface area (Å²) in [4.78, 5) is 61.7. The number of rotatable bonds is 5. The topological polar surface area (TPSA) is 154 Å². The molecule has 10 nitrogen and oxygen atoms in total. The molecule has 180 valence electrons. The predicted octanol–water partition coefficient (Wildman–Crippen LogP) is 1.16. The number of ether oxygens (including phenoxy) is 3. The van der Waals surface area contributed by atoms with E-state index in [1.165, 1.54) is 19.3 Å². The van der Waals surface area contributed by atoms with Gasteiger partial charge in [-0.05, 0) is 18.3 Å². The maximum Gasteiger partial charge on any atom is 0.333 e. The van der Waals surface area contributed by atoms with Crippen molar-refractivity contribution in [3.8, 4) is 0 Å². The molecule has 1 heterocycles. The number of Topliss-reactive ketones (excluding diaryl/α,β-unsaturated/α-hetero) is 1. The van der Waals surface area contributed by atoms with Gasteiger partial charge in [0.15, 0.2) is 11.9 Å². The van der Waals surface area contributed by atoms with Gasteiger partial charge in [-0.2, -0.15) is 0 Å². The monoisotopic (exact) mass is 464 g/mol. The van der Waals surface area contributed by atoms with Crippen LogP contribution in [0.3, 0.4) is 0 Å². The zero-order valence-corrected chi connectivity index (χ0v) is 18.9. The summed E-state index contributed by atoms with van der Waals surface area (Å²) < 4.78 is 14.9. The lowest BCUT2D eigenvalue weighted by Crippen LogP contribution is -2.63. The van der Waals surface area contributed by atoms with Crippen LogP contribution in [0.2, 0.25) is 0 Å². The Bertz CT molecular complexity index is 949. The van der Waals surface area contributed by atoms with E-state index < -0.39 is 70.6 Å². The second-order valence-electron chi connectivity index (χ2n) is 9.31. The molecule has 2 saturated carbocycles. The van der Waals surface area contributed by atoms with Crippen LogP contribution in [-0.4, -0.2) is 59.4 Å². The average molecular weight is 464 g/mol. The number of esters is 3. The molecular formula is C23H28O10. The molecular weight excluding hydrogens is 436 g/mol. The minimum absolute atomic E-state index is 0.0537. The summed E-state index contributed by atoms with van der Waals surface area (Å²) in [6.45, 7) is 4.50. The molecule has 0 amide bonds. The molecule has 7 atom stereocenters. The number of hydrogen-bond acceptors (Lipinski definition) is 9. The van der Waals surface area contributed by atoms with Crippen LogP contribution in [0, 0.1) is 28.6 Å². The van der Waals surface area contributed by atoms with Crippen LogP contribution in [0.15, 0.2) is 23.8 Å². The van der Waals surface area contributed by atoms with E-state index in [2.05, 4.69) is 4.74 Å². The van der Waals surface area contributed by atoms with Crippen molar-refractivity contribution in [2.75, 3.05) is 7.11 Å². The van der Waals surface area contributed by atoms with E-state index in [1.54, 1.807) is 13.8 Å². The minimum Gasteiger partial charge on any atom is -0.481 e. The Kier molecular flexibility index (Phi) is 6.52. The number of methoxy groups -OCH3 is 1. The fraction of sp³-hybridized carbons (Fsp3) is 0.609. The number of carboxylic acids is 1. The molecule has 10 heteroatoms. The molecule has 2 aliphatic carbocycles. The molecule has 0 aromatic rings. The largest absolute Gasteiger partial charge is 0.481 e. The molecule has 3 aliphatic rings. The molecule has 3 rings (SSSR count). The maximum absolute atomic E-state index is 13.7. The second kappa shape index (κ2) is 8.74. The Morgan fingerprint density at radius 1 is 1.21 bits per heavy atom. The van der Waals surface area contributed by atoms with Gasteiger partial charge in [0.1, 0.15) is 0 Å². The smallest absolute Gasteiger partial charge is 0.333 e. The van der Waals surface area contributed by atoms with Gasteiger partial charge in [0.05, 0.1) is 18.9 Å². The summed E-state index contributed by atoms with van der Waals surface area (Å²) in [5.74, 6) is -6.45. The van der Waals surface area contributed by atoms with Crippen molar-refractivity contribution in [2.24, 2.45) is 28.6 Å². The number of carbonyl (C=O) groups is 5. The van der Waals surface area contributed by atoms with Crippen molar-refractivity contribution in [1.29, 1.82) is 0 Å². The fourth-order valence-corrected chi connectivity index (χ4v) is 5.86. The first-order chi connectivity index (χ1) is 15.3. The van der Waals surface area contributed by atoms with Crippen molar-refractivity contribution in [1.82, 2.24) is 0 Å². The standard InChI is InChI=1S/C23H28O10/c1-11(24)32-15-10-14(21(30)31-4)23(3)8-6-13(19(27)28)22(2,18(23)17(15)26)7-5-12-9-16(25)33-20(12)29/h5,7,9,13-15,18,20,29H,6,8,10H2,1-4H3,(H,27,28). The van der Waals surface area contributed by atoms with Gasteiger partial charge in [0.25, 0.3) is 0 Å². The SMILES string of the molecule is COC(=O)C1CC(OC(C)=O)C(=O)C2C(C)(C=CC3=CC(=O)OC3O)C(C(=O)O)CCC12C. The van der Waals surface area contributed by atoms with Gasteiger partial charge in [-0.15, -0.1) is 0 Å². The number of carbonyl (C=O) groups excluding carboxylic acids is 4. The lowest BCUT2D eigenvalue weighted by Gasteiger charge is -2.58. The summed E-state index contributed by atoms with van der Waals surface area (Å²) in [5, 5.41) is 19.9. The molecule has 7 unspecified atom stereocenters. The van der Waals surface area contributed by atoms with Crippen molar-refractivity contribution in [2.45, 2.75) is 52.4 Å². The van der Waals surface area contributed by atoms with E-state index >= 15 is 0 Å². The Morgan fingerprint density at radius 2 is 1.88 bits per heavy atom. The number of fused-ring (bicyclic) bond motifs is 1. The normalized spacial score (nSPS) is 38.3. The quantitative estimate of drug-likeness (QED) is 0.447. The van der Waals surface area contributed by atoms with Gasteiger partial charge < -0.3 is 24.4 Å². The summed E-state index contributed by atoms with van der Waals surface area (Å²) in [6.07, 6.45) is 1.58. The van der Waals surface area contributed by atoms with Crippen LogP contribution in [-0.2, 0) is 38.2 Å². The number of aliphatic carboxylic acids is 1. The van der Waals surface area contributed by atoms with Crippen LogP contribution < -0.4 is 0 Å². The number of cyclic esters (lactones) is 1. The van der Waals surface area contributed by atoms with Gasteiger partial charge in [-0.1, -0.05) is 26.0 Å². The lowest BCUT2D eigenvalue weighted by molar-refractivity contribution is -0.188. The molecule has 0 aromatic heterocycles. The van der Waals surface area contributed by atoms with Gasteiger partial charge in [-0.3, -0.25) is 19.2 Å². The third kappa shape index (κ3) is 4.19. The molecule has 2 fully saturated rings.